The standard InChI is InChI=1S/C20H16INO5/c1-3-25-17-11-13(9-15(21)18(17)26-12(2)23)10-16-20(24)27-19(22-16)14-7-5-4-6-8-14/h4-11H,3H2,1-2H3/b16-10-. The number of aliphatic imine (C=N–C) groups is 1. The van der Waals surface area contributed by atoms with E-state index in [-0.39, 0.29) is 11.6 Å². The zero-order valence-electron chi connectivity index (χ0n) is 14.7. The lowest BCUT2D eigenvalue weighted by Gasteiger charge is -2.12. The van der Waals surface area contributed by atoms with E-state index in [4.69, 9.17) is 14.2 Å². The fraction of sp³-hybridized carbons (Fsp3) is 0.150. The fourth-order valence-electron chi connectivity index (χ4n) is 2.45. The molecule has 0 spiro atoms. The predicted octanol–water partition coefficient (Wildman–Crippen LogP) is 3.96. The summed E-state index contributed by atoms with van der Waals surface area (Å²) in [5, 5.41) is 0. The van der Waals surface area contributed by atoms with Crippen LogP contribution in [0.15, 0.2) is 53.2 Å². The van der Waals surface area contributed by atoms with Crippen LogP contribution in [-0.4, -0.2) is 24.4 Å². The minimum atomic E-state index is -0.522. The van der Waals surface area contributed by atoms with Crippen LogP contribution in [-0.2, 0) is 14.3 Å². The van der Waals surface area contributed by atoms with Crippen LogP contribution < -0.4 is 9.47 Å². The number of ether oxygens (including phenoxy) is 3. The molecule has 3 rings (SSSR count). The quantitative estimate of drug-likeness (QED) is 0.282. The van der Waals surface area contributed by atoms with E-state index in [1.54, 1.807) is 18.2 Å². The summed E-state index contributed by atoms with van der Waals surface area (Å²) >= 11 is 2.05. The number of rotatable bonds is 5. The van der Waals surface area contributed by atoms with E-state index < -0.39 is 11.9 Å². The van der Waals surface area contributed by atoms with Crippen LogP contribution in [0.2, 0.25) is 0 Å². The van der Waals surface area contributed by atoms with E-state index in [9.17, 15) is 9.59 Å². The highest BCUT2D eigenvalue weighted by molar-refractivity contribution is 14.1. The Bertz CT molecular complexity index is 950. The minimum Gasteiger partial charge on any atom is -0.490 e. The van der Waals surface area contributed by atoms with Gasteiger partial charge in [0.2, 0.25) is 5.90 Å². The molecule has 1 aliphatic rings. The van der Waals surface area contributed by atoms with Gasteiger partial charge in [-0.3, -0.25) is 4.79 Å². The largest absolute Gasteiger partial charge is 0.490 e. The van der Waals surface area contributed by atoms with Crippen molar-refractivity contribution in [2.24, 2.45) is 4.99 Å². The first kappa shape index (κ1) is 19.1. The molecule has 0 fully saturated rings. The molecule has 0 amide bonds. The van der Waals surface area contributed by atoms with Crippen molar-refractivity contribution in [3.8, 4) is 11.5 Å². The SMILES string of the molecule is CCOc1cc(/C=C2\N=C(c3ccccc3)OC2=O)cc(I)c1OC(C)=O. The number of nitrogens with zero attached hydrogens (tertiary/aromatic N) is 1. The van der Waals surface area contributed by atoms with E-state index in [2.05, 4.69) is 27.6 Å². The third-order valence-corrected chi connectivity index (χ3v) is 4.32. The van der Waals surface area contributed by atoms with Crippen LogP contribution in [0.25, 0.3) is 6.08 Å². The van der Waals surface area contributed by atoms with Gasteiger partial charge in [-0.15, -0.1) is 0 Å². The fourth-order valence-corrected chi connectivity index (χ4v) is 3.18. The van der Waals surface area contributed by atoms with Gasteiger partial charge in [0.1, 0.15) is 0 Å². The average Bonchev–Trinajstić information content (AvgIpc) is 2.99. The molecular formula is C20H16INO5. The Balaban J connectivity index is 1.97. The Labute approximate surface area is 170 Å². The van der Waals surface area contributed by atoms with E-state index in [1.165, 1.54) is 6.92 Å². The Hall–Kier alpha value is -2.68. The Morgan fingerprint density at radius 2 is 2.00 bits per heavy atom. The summed E-state index contributed by atoms with van der Waals surface area (Å²) in [6, 6.07) is 12.7. The smallest absolute Gasteiger partial charge is 0.363 e. The van der Waals surface area contributed by atoms with Gasteiger partial charge in [0.15, 0.2) is 17.2 Å². The number of benzene rings is 2. The second kappa shape index (κ2) is 8.34. The normalized spacial score (nSPS) is 14.7. The molecule has 0 saturated carbocycles. The topological polar surface area (TPSA) is 74.2 Å². The number of cyclic esters (lactones) is 1. The van der Waals surface area contributed by atoms with Gasteiger partial charge >= 0.3 is 11.9 Å². The minimum absolute atomic E-state index is 0.187. The first-order chi connectivity index (χ1) is 13.0. The molecule has 2 aromatic rings. The Morgan fingerprint density at radius 1 is 1.26 bits per heavy atom. The highest BCUT2D eigenvalue weighted by Crippen LogP contribution is 2.35. The van der Waals surface area contributed by atoms with Crippen molar-refractivity contribution in [1.29, 1.82) is 0 Å². The van der Waals surface area contributed by atoms with Gasteiger partial charge in [-0.2, -0.15) is 0 Å². The van der Waals surface area contributed by atoms with Gasteiger partial charge in [0.25, 0.3) is 0 Å². The summed E-state index contributed by atoms with van der Waals surface area (Å²) in [7, 11) is 0. The lowest BCUT2D eigenvalue weighted by atomic mass is 10.1. The van der Waals surface area contributed by atoms with Crippen molar-refractivity contribution in [3.63, 3.8) is 0 Å². The molecule has 0 aliphatic carbocycles. The van der Waals surface area contributed by atoms with Crippen LogP contribution >= 0.6 is 22.6 Å². The maximum absolute atomic E-state index is 12.2. The number of hydrogen-bond acceptors (Lipinski definition) is 6. The van der Waals surface area contributed by atoms with E-state index in [0.29, 0.717) is 27.2 Å². The summed E-state index contributed by atoms with van der Waals surface area (Å²) in [5.41, 5.74) is 1.60. The summed E-state index contributed by atoms with van der Waals surface area (Å²) < 4.78 is 16.8. The predicted molar refractivity (Wildman–Crippen MR) is 109 cm³/mol. The van der Waals surface area contributed by atoms with Gasteiger partial charge in [-0.05, 0) is 65.4 Å². The van der Waals surface area contributed by atoms with Crippen LogP contribution in [0.4, 0.5) is 0 Å². The molecule has 1 heterocycles. The van der Waals surface area contributed by atoms with Gasteiger partial charge in [-0.25, -0.2) is 9.79 Å². The van der Waals surface area contributed by atoms with Gasteiger partial charge in [0.05, 0.1) is 10.2 Å². The number of hydrogen-bond donors (Lipinski definition) is 0. The molecule has 0 atom stereocenters. The van der Waals surface area contributed by atoms with Crippen LogP contribution in [0.3, 0.4) is 0 Å². The maximum atomic E-state index is 12.2. The van der Waals surface area contributed by atoms with Crippen molar-refractivity contribution in [2.75, 3.05) is 6.61 Å². The van der Waals surface area contributed by atoms with Crippen LogP contribution in [0.5, 0.6) is 11.5 Å². The summed E-state index contributed by atoms with van der Waals surface area (Å²) in [4.78, 5) is 27.8. The number of carbonyl (C=O) groups is 2. The van der Waals surface area contributed by atoms with Gasteiger partial charge < -0.3 is 14.2 Å². The molecule has 0 saturated heterocycles. The molecule has 27 heavy (non-hydrogen) atoms. The molecule has 0 N–H and O–H groups in total. The van der Waals surface area contributed by atoms with Crippen molar-refractivity contribution >= 4 is 46.5 Å². The Kier molecular flexibility index (Phi) is 5.90. The first-order valence-corrected chi connectivity index (χ1v) is 9.28. The molecule has 7 heteroatoms. The highest BCUT2D eigenvalue weighted by Gasteiger charge is 2.24. The lowest BCUT2D eigenvalue weighted by Crippen LogP contribution is -2.06. The van der Waals surface area contributed by atoms with Crippen LogP contribution in [0.1, 0.15) is 25.0 Å². The van der Waals surface area contributed by atoms with Crippen molar-refractivity contribution in [3.05, 3.63) is 62.9 Å². The maximum Gasteiger partial charge on any atom is 0.363 e. The highest BCUT2D eigenvalue weighted by atomic mass is 127. The van der Waals surface area contributed by atoms with Crippen LogP contribution in [0, 0.1) is 3.57 Å². The first-order valence-electron chi connectivity index (χ1n) is 8.20. The number of halogens is 1. The van der Waals surface area contributed by atoms with Crippen molar-refractivity contribution < 1.29 is 23.8 Å². The van der Waals surface area contributed by atoms with E-state index in [0.717, 1.165) is 5.56 Å². The molecule has 0 bridgehead atoms. The molecule has 1 aliphatic heterocycles. The van der Waals surface area contributed by atoms with Crippen molar-refractivity contribution in [1.82, 2.24) is 0 Å². The third kappa shape index (κ3) is 4.54. The van der Waals surface area contributed by atoms with E-state index >= 15 is 0 Å². The molecule has 0 unspecified atom stereocenters. The number of esters is 2. The summed E-state index contributed by atoms with van der Waals surface area (Å²) in [6.45, 7) is 3.57. The monoisotopic (exact) mass is 477 g/mol. The molecule has 0 radical (unpaired) electrons. The lowest BCUT2D eigenvalue weighted by molar-refractivity contribution is -0.132. The van der Waals surface area contributed by atoms with Gasteiger partial charge in [0, 0.05) is 12.5 Å². The van der Waals surface area contributed by atoms with Crippen molar-refractivity contribution in [2.45, 2.75) is 13.8 Å². The zero-order chi connectivity index (χ0) is 19.4. The second-order valence-electron chi connectivity index (χ2n) is 5.56. The zero-order valence-corrected chi connectivity index (χ0v) is 16.8. The molecule has 2 aromatic carbocycles. The van der Waals surface area contributed by atoms with E-state index in [1.807, 2.05) is 37.3 Å². The van der Waals surface area contributed by atoms with Gasteiger partial charge in [-0.1, -0.05) is 18.2 Å². The summed E-state index contributed by atoms with van der Waals surface area (Å²) in [6.07, 6.45) is 1.61. The molecular weight excluding hydrogens is 461 g/mol. The second-order valence-corrected chi connectivity index (χ2v) is 6.72. The molecule has 6 nitrogen and oxygen atoms in total. The molecule has 0 aromatic heterocycles. The summed E-state index contributed by atoms with van der Waals surface area (Å²) in [5.74, 6) is 0.0880. The average molecular weight is 477 g/mol. The molecule has 138 valence electrons. The number of carbonyl (C=O) groups excluding carboxylic acids is 2. The third-order valence-electron chi connectivity index (χ3n) is 3.52. The Morgan fingerprint density at radius 3 is 2.67 bits per heavy atom.